The maximum absolute atomic E-state index is 13.7. The van der Waals surface area contributed by atoms with Gasteiger partial charge in [-0.05, 0) is 12.1 Å². The van der Waals surface area contributed by atoms with Crippen molar-refractivity contribution in [1.82, 2.24) is 29.5 Å². The van der Waals surface area contributed by atoms with Crippen LogP contribution in [0.3, 0.4) is 0 Å². The summed E-state index contributed by atoms with van der Waals surface area (Å²) in [5.74, 6) is -0.369. The van der Waals surface area contributed by atoms with E-state index in [0.717, 1.165) is 0 Å². The Morgan fingerprint density at radius 1 is 1.08 bits per heavy atom. The molecule has 0 radical (unpaired) electrons. The fourth-order valence-corrected chi connectivity index (χ4v) is 2.65. The van der Waals surface area contributed by atoms with Crippen LogP contribution in [0.1, 0.15) is 5.56 Å². The van der Waals surface area contributed by atoms with Crippen molar-refractivity contribution in [1.29, 1.82) is 0 Å². The van der Waals surface area contributed by atoms with E-state index in [1.807, 2.05) is 0 Å². The lowest BCUT2D eigenvalue weighted by atomic mass is 9.91. The summed E-state index contributed by atoms with van der Waals surface area (Å²) >= 11 is 0. The molecule has 2 heterocycles. The van der Waals surface area contributed by atoms with Crippen LogP contribution in [-0.4, -0.2) is 48.7 Å². The lowest BCUT2D eigenvalue weighted by Gasteiger charge is -2.32. The third kappa shape index (κ3) is 3.25. The van der Waals surface area contributed by atoms with E-state index in [9.17, 15) is 9.50 Å². The van der Waals surface area contributed by atoms with Crippen molar-refractivity contribution < 1.29 is 9.50 Å². The number of aliphatic hydroxyl groups is 1. The third-order valence-electron chi connectivity index (χ3n) is 3.72. The summed E-state index contributed by atoms with van der Waals surface area (Å²) in [5.41, 5.74) is -0.230. The molecule has 0 saturated heterocycles. The molecule has 0 aliphatic carbocycles. The summed E-state index contributed by atoms with van der Waals surface area (Å²) < 4.78 is 16.7. The zero-order valence-corrected chi connectivity index (χ0v) is 13.4. The lowest BCUT2D eigenvalue weighted by Crippen LogP contribution is -2.38. The molecule has 0 atom stereocenters. The molecule has 8 nitrogen and oxygen atoms in total. The fourth-order valence-electron chi connectivity index (χ4n) is 2.65. The van der Waals surface area contributed by atoms with Gasteiger partial charge in [0.2, 0.25) is 0 Å². The van der Waals surface area contributed by atoms with Crippen molar-refractivity contribution in [2.75, 3.05) is 19.0 Å². The van der Waals surface area contributed by atoms with Crippen molar-refractivity contribution in [3.63, 3.8) is 0 Å². The first-order chi connectivity index (χ1) is 11.5. The number of aromatic nitrogens is 6. The van der Waals surface area contributed by atoms with Crippen LogP contribution in [0, 0.1) is 5.82 Å². The minimum atomic E-state index is -1.38. The molecule has 24 heavy (non-hydrogen) atoms. The number of benzene rings is 1. The Morgan fingerprint density at radius 2 is 1.67 bits per heavy atom. The Morgan fingerprint density at radius 3 is 2.12 bits per heavy atom. The van der Waals surface area contributed by atoms with Gasteiger partial charge < -0.3 is 10.0 Å². The maximum Gasteiger partial charge on any atom is 0.137 e. The third-order valence-corrected chi connectivity index (χ3v) is 3.72. The predicted molar refractivity (Wildman–Crippen MR) is 84.7 cm³/mol. The molecular formula is C15H18FN7O. The molecule has 0 spiro atoms. The van der Waals surface area contributed by atoms with Crippen LogP contribution >= 0.6 is 0 Å². The summed E-state index contributed by atoms with van der Waals surface area (Å²) in [6.07, 6.45) is 5.83. The van der Waals surface area contributed by atoms with Crippen LogP contribution < -0.4 is 4.90 Å². The van der Waals surface area contributed by atoms with E-state index in [4.69, 9.17) is 0 Å². The summed E-state index contributed by atoms with van der Waals surface area (Å²) in [7, 11) is 3.59. The first-order valence-corrected chi connectivity index (χ1v) is 7.32. The normalized spacial score (nSPS) is 11.7. The smallest absolute Gasteiger partial charge is 0.137 e. The topological polar surface area (TPSA) is 84.9 Å². The number of hydrogen-bond donors (Lipinski definition) is 1. The van der Waals surface area contributed by atoms with E-state index in [1.165, 1.54) is 46.8 Å². The highest BCUT2D eigenvalue weighted by molar-refractivity contribution is 5.55. The van der Waals surface area contributed by atoms with Gasteiger partial charge in [-0.15, -0.1) is 0 Å². The predicted octanol–water partition coefficient (Wildman–Crippen LogP) is 0.663. The van der Waals surface area contributed by atoms with Gasteiger partial charge in [-0.25, -0.2) is 23.7 Å². The highest BCUT2D eigenvalue weighted by atomic mass is 19.1. The van der Waals surface area contributed by atoms with Crippen molar-refractivity contribution in [3.8, 4) is 0 Å². The standard InChI is InChI=1S/C15H18FN7O/c1-21(2)14-5-12(16)3-4-13(14)15(24,6-22-10-17-8-19-22)7-23-11-18-9-20-23/h3-5,8-11,24H,6-7H2,1-2H3. The van der Waals surface area contributed by atoms with Crippen LogP contribution in [-0.2, 0) is 18.7 Å². The number of anilines is 1. The Bertz CT molecular complexity index is 750. The molecule has 0 unspecified atom stereocenters. The van der Waals surface area contributed by atoms with Crippen LogP contribution in [0.5, 0.6) is 0 Å². The first-order valence-electron chi connectivity index (χ1n) is 7.32. The molecule has 9 heteroatoms. The Kier molecular flexibility index (Phi) is 4.26. The van der Waals surface area contributed by atoms with E-state index >= 15 is 0 Å². The van der Waals surface area contributed by atoms with E-state index in [1.54, 1.807) is 25.1 Å². The Labute approximate surface area is 138 Å². The SMILES string of the molecule is CN(C)c1cc(F)ccc1C(O)(Cn1cncn1)Cn1cncn1. The molecule has 0 fully saturated rings. The van der Waals surface area contributed by atoms with Crippen molar-refractivity contribution in [3.05, 3.63) is 54.9 Å². The second-order valence-electron chi connectivity index (χ2n) is 5.77. The second kappa shape index (κ2) is 6.36. The molecule has 0 aliphatic rings. The largest absolute Gasteiger partial charge is 0.381 e. The van der Waals surface area contributed by atoms with E-state index in [0.29, 0.717) is 11.3 Å². The molecule has 0 saturated carbocycles. The highest BCUT2D eigenvalue weighted by Gasteiger charge is 2.34. The van der Waals surface area contributed by atoms with Gasteiger partial charge >= 0.3 is 0 Å². The Balaban J connectivity index is 2.07. The molecule has 1 N–H and O–H groups in total. The van der Waals surface area contributed by atoms with E-state index < -0.39 is 5.60 Å². The summed E-state index contributed by atoms with van der Waals surface area (Å²) in [4.78, 5) is 9.56. The zero-order valence-electron chi connectivity index (χ0n) is 13.4. The van der Waals surface area contributed by atoms with Crippen molar-refractivity contribution in [2.45, 2.75) is 18.7 Å². The quantitative estimate of drug-likeness (QED) is 0.714. The summed E-state index contributed by atoms with van der Waals surface area (Å²) in [6, 6.07) is 4.30. The van der Waals surface area contributed by atoms with Crippen LogP contribution in [0.25, 0.3) is 0 Å². The van der Waals surface area contributed by atoms with Gasteiger partial charge in [0, 0.05) is 25.3 Å². The van der Waals surface area contributed by atoms with Gasteiger partial charge in [-0.2, -0.15) is 10.2 Å². The van der Waals surface area contributed by atoms with E-state index in [-0.39, 0.29) is 18.9 Å². The van der Waals surface area contributed by atoms with Crippen molar-refractivity contribution >= 4 is 5.69 Å². The first kappa shape index (κ1) is 16.1. The number of halogens is 1. The van der Waals surface area contributed by atoms with Crippen LogP contribution in [0.2, 0.25) is 0 Å². The molecule has 3 aromatic rings. The maximum atomic E-state index is 13.7. The second-order valence-corrected chi connectivity index (χ2v) is 5.77. The fraction of sp³-hybridized carbons (Fsp3) is 0.333. The molecule has 1 aromatic carbocycles. The van der Waals surface area contributed by atoms with Gasteiger partial charge in [0.1, 0.15) is 36.7 Å². The average Bonchev–Trinajstić information content (AvgIpc) is 3.20. The van der Waals surface area contributed by atoms with Gasteiger partial charge in [0.05, 0.1) is 13.1 Å². The minimum Gasteiger partial charge on any atom is -0.381 e. The van der Waals surface area contributed by atoms with Crippen molar-refractivity contribution in [2.24, 2.45) is 0 Å². The number of hydrogen-bond acceptors (Lipinski definition) is 6. The van der Waals surface area contributed by atoms with Gasteiger partial charge in [-0.1, -0.05) is 6.07 Å². The molecule has 126 valence electrons. The van der Waals surface area contributed by atoms with E-state index in [2.05, 4.69) is 20.2 Å². The molecule has 0 aliphatic heterocycles. The molecule has 2 aromatic heterocycles. The summed E-state index contributed by atoms with van der Waals surface area (Å²) in [6.45, 7) is 0.276. The lowest BCUT2D eigenvalue weighted by molar-refractivity contribution is -0.00498. The zero-order chi connectivity index (χ0) is 17.2. The summed E-state index contributed by atoms with van der Waals surface area (Å²) in [5, 5.41) is 19.5. The number of nitrogens with zero attached hydrogens (tertiary/aromatic N) is 7. The number of rotatable bonds is 6. The monoisotopic (exact) mass is 331 g/mol. The molecule has 3 rings (SSSR count). The molecule has 0 bridgehead atoms. The molecular weight excluding hydrogens is 313 g/mol. The van der Waals surface area contributed by atoms with Crippen LogP contribution in [0.4, 0.5) is 10.1 Å². The Hall–Kier alpha value is -2.81. The van der Waals surface area contributed by atoms with Crippen LogP contribution in [0.15, 0.2) is 43.5 Å². The average molecular weight is 331 g/mol. The van der Waals surface area contributed by atoms with Gasteiger partial charge in [0.15, 0.2) is 0 Å². The minimum absolute atomic E-state index is 0.138. The molecule has 0 amide bonds. The highest BCUT2D eigenvalue weighted by Crippen LogP contribution is 2.33. The van der Waals surface area contributed by atoms with Gasteiger partial charge in [-0.3, -0.25) is 0 Å². The van der Waals surface area contributed by atoms with Gasteiger partial charge in [0.25, 0.3) is 0 Å².